The minimum atomic E-state index is -3.55. The Morgan fingerprint density at radius 2 is 2.24 bits per heavy atom. The van der Waals surface area contributed by atoms with E-state index in [-0.39, 0.29) is 11.7 Å². The number of hydrogen-bond acceptors (Lipinski definition) is 4. The molecule has 0 aliphatic rings. The van der Waals surface area contributed by atoms with Gasteiger partial charge < -0.3 is 0 Å². The van der Waals surface area contributed by atoms with Gasteiger partial charge in [0.05, 0.1) is 5.75 Å². The van der Waals surface area contributed by atoms with E-state index in [0.29, 0.717) is 9.35 Å². The molecule has 0 aliphatic heterocycles. The lowest BCUT2D eigenvalue weighted by Gasteiger charge is -2.10. The summed E-state index contributed by atoms with van der Waals surface area (Å²) in [6, 6.07) is 1.71. The molecule has 0 aromatic carbocycles. The van der Waals surface area contributed by atoms with Crippen molar-refractivity contribution in [2.45, 2.75) is 20.3 Å². The molecule has 0 fully saturated rings. The molecular formula is C10H14BrNO3S2. The van der Waals surface area contributed by atoms with Gasteiger partial charge in [-0.15, -0.1) is 11.3 Å². The number of carbonyl (C=O) groups excluding carboxylic acids is 1. The van der Waals surface area contributed by atoms with Crippen molar-refractivity contribution in [2.75, 3.05) is 5.75 Å². The van der Waals surface area contributed by atoms with Gasteiger partial charge >= 0.3 is 0 Å². The lowest BCUT2D eigenvalue weighted by molar-refractivity contribution is 0.0984. The van der Waals surface area contributed by atoms with Crippen molar-refractivity contribution >= 4 is 43.2 Å². The van der Waals surface area contributed by atoms with Crippen LogP contribution in [-0.2, 0) is 10.0 Å². The molecule has 1 aromatic heterocycles. The molecule has 1 heterocycles. The minimum absolute atomic E-state index is 0.0295. The van der Waals surface area contributed by atoms with Gasteiger partial charge in [-0.2, -0.15) is 0 Å². The van der Waals surface area contributed by atoms with Crippen LogP contribution in [0.2, 0.25) is 0 Å². The summed E-state index contributed by atoms with van der Waals surface area (Å²) in [5, 5.41) is 1.72. The molecule has 0 unspecified atom stereocenters. The highest BCUT2D eigenvalue weighted by Gasteiger charge is 2.20. The van der Waals surface area contributed by atoms with Crippen LogP contribution in [0, 0.1) is 5.92 Å². The van der Waals surface area contributed by atoms with Crippen molar-refractivity contribution in [1.82, 2.24) is 4.72 Å². The highest BCUT2D eigenvalue weighted by atomic mass is 79.9. The first kappa shape index (κ1) is 14.7. The van der Waals surface area contributed by atoms with E-state index in [4.69, 9.17) is 0 Å². The molecule has 1 N–H and O–H groups in total. The summed E-state index contributed by atoms with van der Waals surface area (Å²) in [6.45, 7) is 3.75. The number of halogens is 1. The first-order chi connectivity index (χ1) is 7.85. The van der Waals surface area contributed by atoms with E-state index in [2.05, 4.69) is 20.7 Å². The summed E-state index contributed by atoms with van der Waals surface area (Å²) in [4.78, 5) is 12.1. The third-order valence-corrected chi connectivity index (χ3v) is 5.61. The number of amides is 1. The maximum Gasteiger partial charge on any atom is 0.275 e. The van der Waals surface area contributed by atoms with Gasteiger partial charge in [0.1, 0.15) is 4.88 Å². The maximum atomic E-state index is 11.7. The normalized spacial score (nSPS) is 13.4. The smallest absolute Gasteiger partial charge is 0.267 e. The average molecular weight is 340 g/mol. The summed E-state index contributed by atoms with van der Waals surface area (Å²) in [6.07, 6.45) is 0.762. The molecule has 0 radical (unpaired) electrons. The van der Waals surface area contributed by atoms with Crippen molar-refractivity contribution in [1.29, 1.82) is 0 Å². The molecule has 0 spiro atoms. The zero-order valence-electron chi connectivity index (χ0n) is 9.57. The number of thiophene rings is 1. The van der Waals surface area contributed by atoms with Gasteiger partial charge in [-0.25, -0.2) is 13.1 Å². The fourth-order valence-corrected chi connectivity index (χ4v) is 4.14. The number of sulfonamides is 1. The average Bonchev–Trinajstić information content (AvgIpc) is 2.62. The Balaban J connectivity index is 2.72. The van der Waals surface area contributed by atoms with Crippen LogP contribution in [0.3, 0.4) is 0 Å². The van der Waals surface area contributed by atoms with Crippen LogP contribution >= 0.6 is 27.3 Å². The molecule has 96 valence electrons. The predicted octanol–water partition coefficient (Wildman–Crippen LogP) is 2.62. The first-order valence-electron chi connectivity index (χ1n) is 5.13. The van der Waals surface area contributed by atoms with Crippen molar-refractivity contribution in [3.05, 3.63) is 20.8 Å². The molecule has 1 atom stereocenters. The van der Waals surface area contributed by atoms with Crippen LogP contribution in [0.5, 0.6) is 0 Å². The molecule has 17 heavy (non-hydrogen) atoms. The summed E-state index contributed by atoms with van der Waals surface area (Å²) < 4.78 is 26.0. The van der Waals surface area contributed by atoms with Gasteiger partial charge in [0.15, 0.2) is 0 Å². The Morgan fingerprint density at radius 3 is 2.71 bits per heavy atom. The molecule has 0 saturated heterocycles. The molecule has 7 heteroatoms. The number of carbonyl (C=O) groups is 1. The second kappa shape index (κ2) is 5.97. The van der Waals surface area contributed by atoms with Crippen LogP contribution in [0.25, 0.3) is 0 Å². The van der Waals surface area contributed by atoms with Gasteiger partial charge in [-0.1, -0.05) is 20.3 Å². The molecule has 1 amide bonds. The Labute approximate surface area is 114 Å². The summed E-state index contributed by atoms with van der Waals surface area (Å²) in [5.74, 6) is -0.569. The highest BCUT2D eigenvalue weighted by Crippen LogP contribution is 2.22. The van der Waals surface area contributed by atoms with Gasteiger partial charge in [0.2, 0.25) is 10.0 Å². The second-order valence-electron chi connectivity index (χ2n) is 3.82. The summed E-state index contributed by atoms with van der Waals surface area (Å²) >= 11 is 4.39. The number of nitrogens with one attached hydrogen (secondary N) is 1. The van der Waals surface area contributed by atoms with Crippen LogP contribution < -0.4 is 4.72 Å². The monoisotopic (exact) mass is 339 g/mol. The van der Waals surface area contributed by atoms with Crippen molar-refractivity contribution < 1.29 is 13.2 Å². The van der Waals surface area contributed by atoms with E-state index in [9.17, 15) is 13.2 Å². The van der Waals surface area contributed by atoms with E-state index in [1.165, 1.54) is 11.3 Å². The molecule has 0 saturated carbocycles. The fraction of sp³-hybridized carbons (Fsp3) is 0.500. The Morgan fingerprint density at radius 1 is 1.59 bits per heavy atom. The third kappa shape index (κ3) is 4.40. The zero-order valence-corrected chi connectivity index (χ0v) is 12.8. The lowest BCUT2D eigenvalue weighted by atomic mass is 10.2. The first-order valence-corrected chi connectivity index (χ1v) is 8.46. The topological polar surface area (TPSA) is 63.2 Å². The van der Waals surface area contributed by atoms with Crippen molar-refractivity contribution in [2.24, 2.45) is 5.92 Å². The van der Waals surface area contributed by atoms with E-state index in [1.807, 2.05) is 13.8 Å². The molecule has 4 nitrogen and oxygen atoms in total. The largest absolute Gasteiger partial charge is 0.275 e. The van der Waals surface area contributed by atoms with Crippen molar-refractivity contribution in [3.63, 3.8) is 0 Å². The van der Waals surface area contributed by atoms with Crippen LogP contribution in [0.1, 0.15) is 29.9 Å². The van der Waals surface area contributed by atoms with Crippen LogP contribution in [0.15, 0.2) is 15.9 Å². The van der Waals surface area contributed by atoms with Crippen LogP contribution in [0.4, 0.5) is 0 Å². The van der Waals surface area contributed by atoms with Crippen LogP contribution in [-0.4, -0.2) is 20.1 Å². The standard InChI is InChI=1S/C10H14BrNO3S2/c1-3-7(2)6-17(14,15)12-10(13)9-8(11)4-5-16-9/h4-5,7H,3,6H2,1-2H3,(H,12,13)/t7-/m1/s1. The second-order valence-corrected chi connectivity index (χ2v) is 7.36. The fourth-order valence-electron chi connectivity index (χ4n) is 1.18. The molecule has 1 rings (SSSR count). The van der Waals surface area contributed by atoms with Gasteiger partial charge in [-0.05, 0) is 33.3 Å². The Kier molecular flexibility index (Phi) is 5.15. The predicted molar refractivity (Wildman–Crippen MR) is 72.7 cm³/mol. The number of rotatable bonds is 5. The summed E-state index contributed by atoms with van der Waals surface area (Å²) in [7, 11) is -3.55. The van der Waals surface area contributed by atoms with E-state index < -0.39 is 15.9 Å². The molecule has 0 aliphatic carbocycles. The zero-order chi connectivity index (χ0) is 13.1. The van der Waals surface area contributed by atoms with Crippen molar-refractivity contribution in [3.8, 4) is 0 Å². The molecule has 1 aromatic rings. The maximum absolute atomic E-state index is 11.7. The van der Waals surface area contributed by atoms with E-state index >= 15 is 0 Å². The SMILES string of the molecule is CC[C@@H](C)CS(=O)(=O)NC(=O)c1sccc1Br. The van der Waals surface area contributed by atoms with E-state index in [1.54, 1.807) is 11.4 Å². The number of hydrogen-bond donors (Lipinski definition) is 1. The Bertz CT molecular complexity index is 495. The quantitative estimate of drug-likeness (QED) is 0.896. The lowest BCUT2D eigenvalue weighted by Crippen LogP contribution is -2.34. The van der Waals surface area contributed by atoms with Gasteiger partial charge in [-0.3, -0.25) is 4.79 Å². The third-order valence-electron chi connectivity index (χ3n) is 2.27. The van der Waals surface area contributed by atoms with E-state index in [0.717, 1.165) is 6.42 Å². The molecular weight excluding hydrogens is 326 g/mol. The molecule has 0 bridgehead atoms. The highest BCUT2D eigenvalue weighted by molar-refractivity contribution is 9.10. The van der Waals surface area contributed by atoms with Gasteiger partial charge in [0, 0.05) is 4.47 Å². The van der Waals surface area contributed by atoms with Gasteiger partial charge in [0.25, 0.3) is 5.91 Å². The Hall–Kier alpha value is -0.400. The summed E-state index contributed by atoms with van der Waals surface area (Å²) in [5.41, 5.74) is 0. The minimum Gasteiger partial charge on any atom is -0.267 e.